The number of carbonyl (C=O) groups excluding carboxylic acids is 1. The van der Waals surface area contributed by atoms with Crippen LogP contribution in [0.2, 0.25) is 5.02 Å². The Morgan fingerprint density at radius 2 is 2.25 bits per heavy atom. The van der Waals surface area contributed by atoms with E-state index < -0.39 is 0 Å². The van der Waals surface area contributed by atoms with Crippen molar-refractivity contribution < 1.29 is 10.0 Å². The molecule has 108 valence electrons. The zero-order valence-electron chi connectivity index (χ0n) is 10.7. The topological polar surface area (TPSA) is 78.9 Å². The van der Waals surface area contributed by atoms with Crippen LogP contribution >= 0.6 is 27.5 Å². The van der Waals surface area contributed by atoms with Crippen molar-refractivity contribution in [2.24, 2.45) is 10.9 Å². The maximum absolute atomic E-state index is 12.6. The van der Waals surface area contributed by atoms with Gasteiger partial charge in [0.05, 0.1) is 5.56 Å². The number of amides is 1. The average molecular weight is 361 g/mol. The molecule has 1 saturated carbocycles. The van der Waals surface area contributed by atoms with Crippen molar-refractivity contribution >= 4 is 39.3 Å². The summed E-state index contributed by atoms with van der Waals surface area (Å²) in [6, 6.07) is 5.36. The van der Waals surface area contributed by atoms with Crippen LogP contribution in [0.1, 0.15) is 29.6 Å². The fourth-order valence-electron chi connectivity index (χ4n) is 1.94. The van der Waals surface area contributed by atoms with Crippen molar-refractivity contribution in [2.45, 2.75) is 25.3 Å². The number of amidine groups is 1. The predicted octanol–water partition coefficient (Wildman–Crippen LogP) is 2.84. The lowest BCUT2D eigenvalue weighted by molar-refractivity contribution is 0.0746. The highest BCUT2D eigenvalue weighted by Crippen LogP contribution is 2.30. The maximum atomic E-state index is 12.6. The minimum atomic E-state index is -0.0902. The molecule has 1 aliphatic carbocycles. The van der Waals surface area contributed by atoms with Gasteiger partial charge in [-0.2, -0.15) is 0 Å². The Hall–Kier alpha value is -1.27. The van der Waals surface area contributed by atoms with Crippen LogP contribution in [0.4, 0.5) is 0 Å². The quantitative estimate of drug-likeness (QED) is 0.367. The highest BCUT2D eigenvalue weighted by atomic mass is 79.9. The molecular formula is C13H15BrClN3O2. The molecule has 0 unspecified atom stereocenters. The Morgan fingerprint density at radius 1 is 1.55 bits per heavy atom. The van der Waals surface area contributed by atoms with Crippen LogP contribution in [0.3, 0.4) is 0 Å². The van der Waals surface area contributed by atoms with Crippen molar-refractivity contribution in [2.75, 3.05) is 6.54 Å². The summed E-state index contributed by atoms with van der Waals surface area (Å²) >= 11 is 9.32. The molecule has 0 saturated heterocycles. The molecule has 0 heterocycles. The summed E-state index contributed by atoms with van der Waals surface area (Å²) in [5.41, 5.74) is 6.00. The molecule has 3 N–H and O–H groups in total. The lowest BCUT2D eigenvalue weighted by Crippen LogP contribution is -2.36. The molecule has 0 spiro atoms. The van der Waals surface area contributed by atoms with E-state index in [1.807, 2.05) is 0 Å². The second-order valence-electron chi connectivity index (χ2n) is 4.70. The maximum Gasteiger partial charge on any atom is 0.255 e. The first kappa shape index (κ1) is 15.1. The normalized spacial score (nSPS) is 15.2. The van der Waals surface area contributed by atoms with Crippen molar-refractivity contribution in [3.63, 3.8) is 0 Å². The minimum absolute atomic E-state index is 0.0902. The third-order valence-electron chi connectivity index (χ3n) is 3.14. The van der Waals surface area contributed by atoms with Gasteiger partial charge in [0.15, 0.2) is 0 Å². The van der Waals surface area contributed by atoms with E-state index >= 15 is 0 Å². The first-order chi connectivity index (χ1) is 9.52. The molecule has 1 amide bonds. The van der Waals surface area contributed by atoms with Crippen LogP contribution in [0.15, 0.2) is 27.8 Å². The Labute approximate surface area is 130 Å². The molecule has 20 heavy (non-hydrogen) atoms. The molecule has 1 aromatic carbocycles. The molecule has 5 nitrogen and oxygen atoms in total. The van der Waals surface area contributed by atoms with Gasteiger partial charge in [-0.25, -0.2) is 0 Å². The van der Waals surface area contributed by atoms with Crippen LogP contribution in [0, 0.1) is 0 Å². The number of hydrogen-bond donors (Lipinski definition) is 2. The van der Waals surface area contributed by atoms with Gasteiger partial charge in [0, 0.05) is 28.5 Å². The van der Waals surface area contributed by atoms with E-state index in [4.69, 9.17) is 22.5 Å². The molecule has 0 bridgehead atoms. The van der Waals surface area contributed by atoms with Gasteiger partial charge in [0.2, 0.25) is 0 Å². The van der Waals surface area contributed by atoms with Gasteiger partial charge in [0.25, 0.3) is 5.91 Å². The Kier molecular flexibility index (Phi) is 4.88. The van der Waals surface area contributed by atoms with Crippen molar-refractivity contribution in [1.29, 1.82) is 0 Å². The molecule has 7 heteroatoms. The number of halogens is 2. The molecular weight excluding hydrogens is 346 g/mol. The standard InChI is InChI=1S/C13H15BrClN3O2/c14-11-4-1-8(15)7-10(11)13(19)18(9-2-3-9)6-5-12(16)17-20/h1,4,7,9,20H,2-3,5-6H2,(H2,16,17). The highest BCUT2D eigenvalue weighted by molar-refractivity contribution is 9.10. The van der Waals surface area contributed by atoms with Gasteiger partial charge in [-0.1, -0.05) is 16.8 Å². The van der Waals surface area contributed by atoms with Gasteiger partial charge in [-0.05, 0) is 47.0 Å². The summed E-state index contributed by atoms with van der Waals surface area (Å²) in [5, 5.41) is 12.0. The molecule has 0 radical (unpaired) electrons. The van der Waals surface area contributed by atoms with Gasteiger partial charge < -0.3 is 15.8 Å². The number of carbonyl (C=O) groups is 1. The van der Waals surface area contributed by atoms with Crippen LogP contribution < -0.4 is 5.73 Å². The largest absolute Gasteiger partial charge is 0.409 e. The van der Waals surface area contributed by atoms with E-state index in [1.165, 1.54) is 0 Å². The Bertz CT molecular complexity index is 546. The van der Waals surface area contributed by atoms with E-state index in [1.54, 1.807) is 23.1 Å². The summed E-state index contributed by atoms with van der Waals surface area (Å²) in [6.45, 7) is 0.429. The van der Waals surface area contributed by atoms with Crippen LogP contribution in [-0.2, 0) is 0 Å². The molecule has 0 aromatic heterocycles. The molecule has 1 aromatic rings. The number of rotatable bonds is 5. The fraction of sp³-hybridized carbons (Fsp3) is 0.385. The van der Waals surface area contributed by atoms with E-state index in [0.29, 0.717) is 28.0 Å². The molecule has 0 aliphatic heterocycles. The predicted molar refractivity (Wildman–Crippen MR) is 81.2 cm³/mol. The number of hydrogen-bond acceptors (Lipinski definition) is 3. The Balaban J connectivity index is 2.16. The number of benzene rings is 1. The van der Waals surface area contributed by atoms with Crippen LogP contribution in [-0.4, -0.2) is 34.4 Å². The summed E-state index contributed by atoms with van der Waals surface area (Å²) in [4.78, 5) is 14.4. The van der Waals surface area contributed by atoms with Gasteiger partial charge in [0.1, 0.15) is 5.84 Å². The summed E-state index contributed by atoms with van der Waals surface area (Å²) in [7, 11) is 0. The second kappa shape index (κ2) is 6.45. The van der Waals surface area contributed by atoms with Gasteiger partial charge >= 0.3 is 0 Å². The van der Waals surface area contributed by atoms with Crippen molar-refractivity contribution in [3.8, 4) is 0 Å². The second-order valence-corrected chi connectivity index (χ2v) is 5.99. The van der Waals surface area contributed by atoms with E-state index in [9.17, 15) is 4.79 Å². The van der Waals surface area contributed by atoms with Gasteiger partial charge in [-0.15, -0.1) is 0 Å². The van der Waals surface area contributed by atoms with Crippen LogP contribution in [0.5, 0.6) is 0 Å². The van der Waals surface area contributed by atoms with Crippen LogP contribution in [0.25, 0.3) is 0 Å². The third kappa shape index (κ3) is 3.64. The minimum Gasteiger partial charge on any atom is -0.409 e. The Morgan fingerprint density at radius 3 is 2.85 bits per heavy atom. The van der Waals surface area contributed by atoms with E-state index in [-0.39, 0.29) is 17.8 Å². The smallest absolute Gasteiger partial charge is 0.255 e. The molecule has 1 fully saturated rings. The number of nitrogens with two attached hydrogens (primary N) is 1. The highest BCUT2D eigenvalue weighted by Gasteiger charge is 2.33. The lowest BCUT2D eigenvalue weighted by atomic mass is 10.2. The SMILES string of the molecule is N/C(CCN(C(=O)c1cc(Cl)ccc1Br)C1CC1)=N/O. The fourth-order valence-corrected chi connectivity index (χ4v) is 2.53. The van der Waals surface area contributed by atoms with E-state index in [0.717, 1.165) is 12.8 Å². The average Bonchev–Trinajstić information content (AvgIpc) is 3.25. The van der Waals surface area contributed by atoms with E-state index in [2.05, 4.69) is 21.1 Å². The monoisotopic (exact) mass is 359 g/mol. The van der Waals surface area contributed by atoms with Crippen molar-refractivity contribution in [1.82, 2.24) is 4.90 Å². The zero-order chi connectivity index (χ0) is 14.7. The summed E-state index contributed by atoms with van der Waals surface area (Å²) in [6.07, 6.45) is 2.32. The zero-order valence-corrected chi connectivity index (χ0v) is 13.1. The number of oxime groups is 1. The summed E-state index contributed by atoms with van der Waals surface area (Å²) < 4.78 is 0.710. The van der Waals surface area contributed by atoms with Gasteiger partial charge in [-0.3, -0.25) is 4.79 Å². The number of nitrogens with zero attached hydrogens (tertiary/aromatic N) is 2. The van der Waals surface area contributed by atoms with Crippen molar-refractivity contribution in [3.05, 3.63) is 33.3 Å². The first-order valence-corrected chi connectivity index (χ1v) is 7.42. The summed E-state index contributed by atoms with van der Waals surface area (Å²) in [5.74, 6) is 0.0289. The molecule has 1 aliphatic rings. The third-order valence-corrected chi connectivity index (χ3v) is 4.07. The lowest BCUT2D eigenvalue weighted by Gasteiger charge is -2.23. The molecule has 2 rings (SSSR count). The molecule has 0 atom stereocenters. The first-order valence-electron chi connectivity index (χ1n) is 6.25.